The highest BCUT2D eigenvalue weighted by molar-refractivity contribution is 5.70. The Hall–Kier alpha value is -3.21. The van der Waals surface area contributed by atoms with Gasteiger partial charge in [-0.25, -0.2) is 0 Å². The van der Waals surface area contributed by atoms with Crippen molar-refractivity contribution in [1.82, 2.24) is 4.90 Å². The van der Waals surface area contributed by atoms with E-state index in [-0.39, 0.29) is 12.5 Å². The monoisotopic (exact) mass is 457 g/mol. The van der Waals surface area contributed by atoms with E-state index >= 15 is 0 Å². The van der Waals surface area contributed by atoms with Crippen molar-refractivity contribution in [2.24, 2.45) is 5.92 Å². The Balaban J connectivity index is 1.93. The first-order valence-electron chi connectivity index (χ1n) is 11.9. The minimum atomic E-state index is -0.867. The number of carbonyl (C=O) groups is 1. The van der Waals surface area contributed by atoms with Crippen LogP contribution >= 0.6 is 0 Å². The molecule has 3 rings (SSSR count). The largest absolute Gasteiger partial charge is 0.481 e. The number of allylic oxidation sites excluding steroid dienone is 2. The van der Waals surface area contributed by atoms with Gasteiger partial charge in [0.05, 0.1) is 12.0 Å². The average Bonchev–Trinajstić information content (AvgIpc) is 2.86. The first-order valence-corrected chi connectivity index (χ1v) is 11.9. The smallest absolute Gasteiger partial charge is 0.306 e. The molecule has 0 saturated carbocycles. The van der Waals surface area contributed by atoms with Crippen molar-refractivity contribution in [3.8, 4) is 0 Å². The Bertz CT molecular complexity index is 963. The SMILES string of the molecule is C/C=C/C[C@H](C[C@H](O)[C@H](Cc1ccccc1)N(Cc1ccccc1)Cc1ccccc1)C(=O)O. The lowest BCUT2D eigenvalue weighted by Crippen LogP contribution is -2.45. The Kier molecular flexibility index (Phi) is 10.1. The van der Waals surface area contributed by atoms with E-state index < -0.39 is 18.0 Å². The van der Waals surface area contributed by atoms with Gasteiger partial charge < -0.3 is 10.2 Å². The molecule has 0 unspecified atom stereocenters. The number of carboxylic acids is 1. The van der Waals surface area contributed by atoms with Gasteiger partial charge in [0.2, 0.25) is 0 Å². The molecule has 4 nitrogen and oxygen atoms in total. The van der Waals surface area contributed by atoms with Crippen LogP contribution in [0.15, 0.2) is 103 Å². The Morgan fingerprint density at radius 1 is 0.824 bits per heavy atom. The zero-order chi connectivity index (χ0) is 24.2. The summed E-state index contributed by atoms with van der Waals surface area (Å²) in [4.78, 5) is 14.2. The highest BCUT2D eigenvalue weighted by Gasteiger charge is 2.31. The van der Waals surface area contributed by atoms with Gasteiger partial charge >= 0.3 is 5.97 Å². The molecule has 0 aliphatic carbocycles. The summed E-state index contributed by atoms with van der Waals surface area (Å²) in [6.07, 6.45) is 4.19. The first kappa shape index (κ1) is 25.4. The van der Waals surface area contributed by atoms with E-state index in [1.165, 1.54) is 0 Å². The minimum absolute atomic E-state index is 0.206. The second-order valence-electron chi connectivity index (χ2n) is 8.78. The highest BCUT2D eigenvalue weighted by Crippen LogP contribution is 2.24. The van der Waals surface area contributed by atoms with Gasteiger partial charge in [0, 0.05) is 19.1 Å². The van der Waals surface area contributed by atoms with Crippen LogP contribution in [0.2, 0.25) is 0 Å². The third-order valence-electron chi connectivity index (χ3n) is 6.19. The van der Waals surface area contributed by atoms with Gasteiger partial charge in [0.25, 0.3) is 0 Å². The lowest BCUT2D eigenvalue weighted by atomic mass is 9.90. The van der Waals surface area contributed by atoms with Crippen LogP contribution in [0, 0.1) is 5.92 Å². The van der Waals surface area contributed by atoms with Crippen molar-refractivity contribution in [3.63, 3.8) is 0 Å². The van der Waals surface area contributed by atoms with Crippen LogP contribution in [-0.2, 0) is 24.3 Å². The van der Waals surface area contributed by atoms with E-state index in [0.29, 0.717) is 25.9 Å². The van der Waals surface area contributed by atoms with Crippen molar-refractivity contribution < 1.29 is 15.0 Å². The zero-order valence-corrected chi connectivity index (χ0v) is 19.8. The van der Waals surface area contributed by atoms with E-state index in [1.807, 2.05) is 73.7 Å². The molecule has 0 spiro atoms. The maximum Gasteiger partial charge on any atom is 0.306 e. The molecular formula is C30H35NO3. The van der Waals surface area contributed by atoms with Crippen molar-refractivity contribution in [3.05, 3.63) is 120 Å². The number of hydrogen-bond donors (Lipinski definition) is 2. The molecule has 0 saturated heterocycles. The van der Waals surface area contributed by atoms with Crippen LogP contribution in [0.5, 0.6) is 0 Å². The van der Waals surface area contributed by atoms with E-state index in [1.54, 1.807) is 0 Å². The van der Waals surface area contributed by atoms with Crippen LogP contribution in [-0.4, -0.2) is 33.2 Å². The average molecular weight is 458 g/mol. The minimum Gasteiger partial charge on any atom is -0.481 e. The van der Waals surface area contributed by atoms with Crippen LogP contribution < -0.4 is 0 Å². The Labute approximate surface area is 203 Å². The zero-order valence-electron chi connectivity index (χ0n) is 19.8. The predicted molar refractivity (Wildman–Crippen MR) is 137 cm³/mol. The molecule has 0 aromatic heterocycles. The third-order valence-corrected chi connectivity index (χ3v) is 6.19. The van der Waals surface area contributed by atoms with Crippen LogP contribution in [0.25, 0.3) is 0 Å². The number of aliphatic hydroxyl groups is 1. The van der Waals surface area contributed by atoms with E-state index in [0.717, 1.165) is 16.7 Å². The summed E-state index contributed by atoms with van der Waals surface area (Å²) in [5.41, 5.74) is 3.44. The quantitative estimate of drug-likeness (QED) is 0.322. The molecule has 0 bridgehead atoms. The summed E-state index contributed by atoms with van der Waals surface area (Å²) >= 11 is 0. The fraction of sp³-hybridized carbons (Fsp3) is 0.300. The molecule has 0 heterocycles. The van der Waals surface area contributed by atoms with Gasteiger partial charge in [0.1, 0.15) is 0 Å². The van der Waals surface area contributed by atoms with Crippen molar-refractivity contribution in [2.45, 2.75) is 51.4 Å². The molecule has 0 aliphatic heterocycles. The van der Waals surface area contributed by atoms with Crippen molar-refractivity contribution >= 4 is 5.97 Å². The number of carboxylic acid groups (broad SMARTS) is 1. The number of nitrogens with zero attached hydrogens (tertiary/aromatic N) is 1. The standard InChI is InChI=1S/C30H35NO3/c1-2-3-19-27(30(33)34)21-29(32)28(20-24-13-7-4-8-14-24)31(22-25-15-9-5-10-16-25)23-26-17-11-6-12-18-26/h2-18,27-29,32H,19-23H2,1H3,(H,33,34)/b3-2+/t27-,28+,29+/m1/s1. The molecule has 0 radical (unpaired) electrons. The molecule has 178 valence electrons. The molecule has 0 aliphatic rings. The van der Waals surface area contributed by atoms with Gasteiger partial charge in [-0.1, -0.05) is 103 Å². The summed E-state index contributed by atoms with van der Waals surface area (Å²) in [5, 5.41) is 21.3. The summed E-state index contributed by atoms with van der Waals surface area (Å²) < 4.78 is 0. The summed E-state index contributed by atoms with van der Waals surface area (Å²) in [7, 11) is 0. The first-order chi connectivity index (χ1) is 16.6. The maximum atomic E-state index is 11.9. The second-order valence-corrected chi connectivity index (χ2v) is 8.78. The van der Waals surface area contributed by atoms with Gasteiger partial charge in [0.15, 0.2) is 0 Å². The van der Waals surface area contributed by atoms with Crippen LogP contribution in [0.1, 0.15) is 36.5 Å². The summed E-state index contributed by atoms with van der Waals surface area (Å²) in [6.45, 7) is 3.21. The van der Waals surface area contributed by atoms with E-state index in [9.17, 15) is 15.0 Å². The number of rotatable bonds is 13. The van der Waals surface area contributed by atoms with Crippen LogP contribution in [0.4, 0.5) is 0 Å². The molecule has 2 N–H and O–H groups in total. The van der Waals surface area contributed by atoms with Gasteiger partial charge in [-0.3, -0.25) is 9.69 Å². The third kappa shape index (κ3) is 7.98. The Morgan fingerprint density at radius 2 is 1.29 bits per heavy atom. The molecule has 0 amide bonds. The molecule has 3 aromatic carbocycles. The van der Waals surface area contributed by atoms with E-state index in [2.05, 4.69) is 41.3 Å². The molecule has 0 fully saturated rings. The summed E-state index contributed by atoms with van der Waals surface area (Å²) in [5.74, 6) is -1.49. The fourth-order valence-electron chi connectivity index (χ4n) is 4.34. The topological polar surface area (TPSA) is 60.8 Å². The normalized spacial score (nSPS) is 14.2. The number of aliphatic carboxylic acids is 1. The number of hydrogen-bond acceptors (Lipinski definition) is 3. The van der Waals surface area contributed by atoms with Gasteiger partial charge in [-0.2, -0.15) is 0 Å². The highest BCUT2D eigenvalue weighted by atomic mass is 16.4. The Morgan fingerprint density at radius 3 is 1.74 bits per heavy atom. The lowest BCUT2D eigenvalue weighted by Gasteiger charge is -2.36. The number of aliphatic hydroxyl groups excluding tert-OH is 1. The van der Waals surface area contributed by atoms with E-state index in [4.69, 9.17) is 0 Å². The number of benzene rings is 3. The molecule has 3 aromatic rings. The summed E-state index contributed by atoms with van der Waals surface area (Å²) in [6, 6.07) is 30.4. The predicted octanol–water partition coefficient (Wildman–Crippen LogP) is 5.72. The van der Waals surface area contributed by atoms with Gasteiger partial charge in [-0.15, -0.1) is 0 Å². The second kappa shape index (κ2) is 13.5. The maximum absolute atomic E-state index is 11.9. The van der Waals surface area contributed by atoms with Crippen molar-refractivity contribution in [2.75, 3.05) is 0 Å². The molecule has 4 heteroatoms. The van der Waals surface area contributed by atoms with Crippen molar-refractivity contribution in [1.29, 1.82) is 0 Å². The van der Waals surface area contributed by atoms with Crippen LogP contribution in [0.3, 0.4) is 0 Å². The molecule has 34 heavy (non-hydrogen) atoms. The molecule has 3 atom stereocenters. The molecular weight excluding hydrogens is 422 g/mol. The van der Waals surface area contributed by atoms with Gasteiger partial charge in [-0.05, 0) is 42.9 Å². The fourth-order valence-corrected chi connectivity index (χ4v) is 4.34. The lowest BCUT2D eigenvalue weighted by molar-refractivity contribution is -0.143.